The third-order valence-electron chi connectivity index (χ3n) is 2.51. The van der Waals surface area contributed by atoms with Crippen molar-refractivity contribution >= 4 is 11.3 Å². The molecule has 0 radical (unpaired) electrons. The topological polar surface area (TPSA) is 50.7 Å². The smallest absolute Gasteiger partial charge is 0.0943 e. The van der Waals surface area contributed by atoms with Crippen LogP contribution in [0.1, 0.15) is 30.0 Å². The monoisotopic (exact) mass is 248 g/mol. The van der Waals surface area contributed by atoms with E-state index in [0.29, 0.717) is 0 Å². The Hall–Kier alpha value is -1.33. The van der Waals surface area contributed by atoms with Crippen molar-refractivity contribution in [3.8, 4) is 0 Å². The Bertz CT molecular complexity index is 415. The lowest BCUT2D eigenvalue weighted by Gasteiger charge is -2.17. The van der Waals surface area contributed by atoms with E-state index in [1.54, 1.807) is 17.5 Å². The molecule has 5 heteroatoms. The van der Waals surface area contributed by atoms with Crippen LogP contribution in [0.25, 0.3) is 0 Å². The Labute approximate surface area is 105 Å². The number of hydrogen-bond acceptors (Lipinski definition) is 5. The van der Waals surface area contributed by atoms with Crippen molar-refractivity contribution < 1.29 is 0 Å². The molecule has 2 rings (SSSR count). The lowest BCUT2D eigenvalue weighted by Crippen LogP contribution is -2.24. The summed E-state index contributed by atoms with van der Waals surface area (Å²) in [4.78, 5) is 4.33. The minimum Gasteiger partial charge on any atom is -0.310 e. The quantitative estimate of drug-likeness (QED) is 0.851. The molecule has 0 amide bonds. The van der Waals surface area contributed by atoms with Gasteiger partial charge in [-0.3, -0.25) is 0 Å². The van der Waals surface area contributed by atoms with Crippen molar-refractivity contribution in [2.24, 2.45) is 0 Å². The molecule has 1 N–H and O–H groups in total. The fraction of sp³-hybridized carbons (Fsp3) is 0.417. The lowest BCUT2D eigenvalue weighted by atomic mass is 10.1. The minimum atomic E-state index is 0.275. The predicted molar refractivity (Wildman–Crippen MR) is 68.9 cm³/mol. The lowest BCUT2D eigenvalue weighted by molar-refractivity contribution is 0.526. The van der Waals surface area contributed by atoms with E-state index in [2.05, 4.69) is 27.4 Å². The van der Waals surface area contributed by atoms with Crippen LogP contribution in [0.15, 0.2) is 30.0 Å². The average Bonchev–Trinajstić information content (AvgIpc) is 2.88. The van der Waals surface area contributed by atoms with Gasteiger partial charge in [0, 0.05) is 30.2 Å². The molecule has 1 atom stereocenters. The predicted octanol–water partition coefficient (Wildman–Crippen LogP) is 2.22. The second-order valence-electron chi connectivity index (χ2n) is 3.81. The maximum atomic E-state index is 4.33. The van der Waals surface area contributed by atoms with Crippen molar-refractivity contribution in [2.75, 3.05) is 6.54 Å². The standard InChI is InChI=1S/C12H16N4S/c1-2-4-13-11(8-12-14-6-7-17-12)10-3-5-15-16-9-10/h3,5-7,9,11,13H,2,4,8H2,1H3. The Balaban J connectivity index is 2.08. The third-order valence-corrected chi connectivity index (χ3v) is 3.31. The molecule has 17 heavy (non-hydrogen) atoms. The Morgan fingerprint density at radius 1 is 1.35 bits per heavy atom. The molecule has 90 valence electrons. The van der Waals surface area contributed by atoms with Crippen LogP contribution in [0, 0.1) is 0 Å². The van der Waals surface area contributed by atoms with Crippen LogP contribution < -0.4 is 5.32 Å². The molecule has 1 unspecified atom stereocenters. The first-order valence-corrected chi connectivity index (χ1v) is 6.66. The second kappa shape index (κ2) is 6.42. The zero-order chi connectivity index (χ0) is 11.9. The number of aromatic nitrogens is 3. The molecule has 0 aromatic carbocycles. The third kappa shape index (κ3) is 3.57. The molecule has 0 aliphatic rings. The number of thiazole rings is 1. The van der Waals surface area contributed by atoms with Crippen molar-refractivity contribution in [3.05, 3.63) is 40.6 Å². The molecule has 2 aromatic rings. The average molecular weight is 248 g/mol. The van der Waals surface area contributed by atoms with Crippen LogP contribution in [0.5, 0.6) is 0 Å². The summed E-state index contributed by atoms with van der Waals surface area (Å²) in [6.45, 7) is 3.16. The highest BCUT2D eigenvalue weighted by molar-refractivity contribution is 7.09. The zero-order valence-corrected chi connectivity index (χ0v) is 10.7. The van der Waals surface area contributed by atoms with Gasteiger partial charge in [0.25, 0.3) is 0 Å². The Morgan fingerprint density at radius 2 is 2.29 bits per heavy atom. The SMILES string of the molecule is CCCNC(Cc1nccs1)c1ccnnc1. The van der Waals surface area contributed by atoms with E-state index in [-0.39, 0.29) is 6.04 Å². The van der Waals surface area contributed by atoms with Gasteiger partial charge in [-0.2, -0.15) is 10.2 Å². The summed E-state index contributed by atoms with van der Waals surface area (Å²) in [5.74, 6) is 0. The van der Waals surface area contributed by atoms with Crippen molar-refractivity contribution in [3.63, 3.8) is 0 Å². The summed E-state index contributed by atoms with van der Waals surface area (Å²) in [5, 5.41) is 14.4. The van der Waals surface area contributed by atoms with Crippen LogP contribution in [-0.2, 0) is 6.42 Å². The first kappa shape index (κ1) is 12.1. The number of rotatable bonds is 6. The van der Waals surface area contributed by atoms with E-state index in [4.69, 9.17) is 0 Å². The first-order chi connectivity index (χ1) is 8.40. The molecule has 0 spiro atoms. The second-order valence-corrected chi connectivity index (χ2v) is 4.79. The normalized spacial score (nSPS) is 12.5. The molecule has 0 bridgehead atoms. The highest BCUT2D eigenvalue weighted by atomic mass is 32.1. The highest BCUT2D eigenvalue weighted by Crippen LogP contribution is 2.18. The molecular weight excluding hydrogens is 232 g/mol. The van der Waals surface area contributed by atoms with Crippen LogP contribution in [0.3, 0.4) is 0 Å². The van der Waals surface area contributed by atoms with Gasteiger partial charge in [0.2, 0.25) is 0 Å². The van der Waals surface area contributed by atoms with Crippen LogP contribution in [0.2, 0.25) is 0 Å². The van der Waals surface area contributed by atoms with Gasteiger partial charge in [0.15, 0.2) is 0 Å². The fourth-order valence-electron chi connectivity index (χ4n) is 1.66. The molecule has 0 aliphatic carbocycles. The molecule has 4 nitrogen and oxygen atoms in total. The minimum absolute atomic E-state index is 0.275. The van der Waals surface area contributed by atoms with E-state index in [1.165, 1.54) is 5.56 Å². The highest BCUT2D eigenvalue weighted by Gasteiger charge is 2.12. The molecule has 0 saturated carbocycles. The Morgan fingerprint density at radius 3 is 2.94 bits per heavy atom. The fourth-order valence-corrected chi connectivity index (χ4v) is 2.33. The van der Waals surface area contributed by atoms with Gasteiger partial charge in [-0.15, -0.1) is 11.3 Å². The van der Waals surface area contributed by atoms with Crippen molar-refractivity contribution in [2.45, 2.75) is 25.8 Å². The summed E-state index contributed by atoms with van der Waals surface area (Å²) in [6.07, 6.45) is 7.43. The van der Waals surface area contributed by atoms with E-state index < -0.39 is 0 Å². The molecule has 2 heterocycles. The first-order valence-electron chi connectivity index (χ1n) is 5.78. The molecule has 2 aromatic heterocycles. The number of nitrogens with one attached hydrogen (secondary N) is 1. The van der Waals surface area contributed by atoms with Crippen LogP contribution in [-0.4, -0.2) is 21.7 Å². The summed E-state index contributed by atoms with van der Waals surface area (Å²) in [7, 11) is 0. The van der Waals surface area contributed by atoms with Gasteiger partial charge in [0.05, 0.1) is 11.2 Å². The van der Waals surface area contributed by atoms with Gasteiger partial charge >= 0.3 is 0 Å². The zero-order valence-electron chi connectivity index (χ0n) is 9.84. The number of hydrogen-bond donors (Lipinski definition) is 1. The molecule has 0 fully saturated rings. The van der Waals surface area contributed by atoms with Gasteiger partial charge in [-0.1, -0.05) is 6.92 Å². The van der Waals surface area contributed by atoms with E-state index in [9.17, 15) is 0 Å². The Kier molecular flexibility index (Phi) is 4.58. The van der Waals surface area contributed by atoms with E-state index in [0.717, 1.165) is 24.4 Å². The van der Waals surface area contributed by atoms with E-state index in [1.807, 2.05) is 23.8 Å². The van der Waals surface area contributed by atoms with E-state index >= 15 is 0 Å². The molecule has 0 saturated heterocycles. The van der Waals surface area contributed by atoms with Crippen LogP contribution in [0.4, 0.5) is 0 Å². The summed E-state index contributed by atoms with van der Waals surface area (Å²) < 4.78 is 0. The summed E-state index contributed by atoms with van der Waals surface area (Å²) >= 11 is 1.69. The summed E-state index contributed by atoms with van der Waals surface area (Å²) in [5.41, 5.74) is 1.17. The van der Waals surface area contributed by atoms with Gasteiger partial charge in [0.1, 0.15) is 0 Å². The number of nitrogens with zero attached hydrogens (tertiary/aromatic N) is 3. The van der Waals surface area contributed by atoms with Gasteiger partial charge in [-0.05, 0) is 24.6 Å². The van der Waals surface area contributed by atoms with Gasteiger partial charge in [-0.25, -0.2) is 4.98 Å². The van der Waals surface area contributed by atoms with Crippen molar-refractivity contribution in [1.29, 1.82) is 0 Å². The maximum absolute atomic E-state index is 4.33. The maximum Gasteiger partial charge on any atom is 0.0943 e. The molecule has 0 aliphatic heterocycles. The van der Waals surface area contributed by atoms with Crippen molar-refractivity contribution in [1.82, 2.24) is 20.5 Å². The largest absolute Gasteiger partial charge is 0.310 e. The molecular formula is C12H16N4S. The van der Waals surface area contributed by atoms with Crippen LogP contribution >= 0.6 is 11.3 Å². The van der Waals surface area contributed by atoms with Gasteiger partial charge < -0.3 is 5.32 Å². The summed E-state index contributed by atoms with van der Waals surface area (Å²) in [6, 6.07) is 2.28.